The minimum absolute atomic E-state index is 0.418. The number of benzene rings is 1. The van der Waals surface area contributed by atoms with Gasteiger partial charge in [0.2, 0.25) is 0 Å². The fourth-order valence-corrected chi connectivity index (χ4v) is 4.13. The first-order valence-corrected chi connectivity index (χ1v) is 8.37. The third-order valence-corrected chi connectivity index (χ3v) is 5.26. The highest BCUT2D eigenvalue weighted by Gasteiger charge is 2.48. The molecule has 1 aromatic heterocycles. The Hall–Kier alpha value is -1.97. The van der Waals surface area contributed by atoms with Gasteiger partial charge >= 0.3 is 0 Å². The molecule has 2 fully saturated rings. The highest BCUT2D eigenvalue weighted by Crippen LogP contribution is 2.47. The summed E-state index contributed by atoms with van der Waals surface area (Å²) in [5.74, 6) is -0.613. The first-order valence-electron chi connectivity index (χ1n) is 8.37. The molecule has 0 unspecified atom stereocenters. The molecule has 2 aliphatic rings. The fourth-order valence-electron chi connectivity index (χ4n) is 4.13. The van der Waals surface area contributed by atoms with Crippen LogP contribution in [0.25, 0.3) is 11.0 Å². The van der Waals surface area contributed by atoms with Crippen LogP contribution in [0.4, 0.5) is 4.39 Å². The molecule has 0 N–H and O–H groups in total. The summed E-state index contributed by atoms with van der Waals surface area (Å²) in [6, 6.07) is 7.54. The van der Waals surface area contributed by atoms with E-state index in [4.69, 9.17) is 14.7 Å². The van der Waals surface area contributed by atoms with Crippen LogP contribution in [0.2, 0.25) is 0 Å². The van der Waals surface area contributed by atoms with Crippen molar-refractivity contribution in [1.82, 2.24) is 9.55 Å². The van der Waals surface area contributed by atoms with Crippen LogP contribution in [0, 0.1) is 16.7 Å². The van der Waals surface area contributed by atoms with Crippen LogP contribution in [0.1, 0.15) is 31.2 Å². The number of nitriles is 1. The Balaban J connectivity index is 1.66. The number of nitrogens with zero attached hydrogens (tertiary/aromatic N) is 3. The number of halogens is 1. The second-order valence-electron chi connectivity index (χ2n) is 6.96. The number of fused-ring (bicyclic) bond motifs is 1. The predicted octanol–water partition coefficient (Wildman–Crippen LogP) is 3.18. The van der Waals surface area contributed by atoms with Crippen LogP contribution < -0.4 is 0 Å². The highest BCUT2D eigenvalue weighted by atomic mass is 19.1. The Morgan fingerprint density at radius 3 is 2.88 bits per heavy atom. The van der Waals surface area contributed by atoms with Gasteiger partial charge in [0, 0.05) is 24.8 Å². The standard InChI is InChI=1S/C18H20FN3O2/c19-11-17(4-1-5-18(10-17)23-6-7-24-18)12-22-13-21-15-3-2-14(9-20)8-16(15)22/h2-3,8,13H,1,4-7,10-12H2/t17-/m0/s1. The Kier molecular flexibility index (Phi) is 3.78. The van der Waals surface area contributed by atoms with Gasteiger partial charge in [-0.3, -0.25) is 4.39 Å². The van der Waals surface area contributed by atoms with Crippen molar-refractivity contribution in [2.75, 3.05) is 19.9 Å². The first-order chi connectivity index (χ1) is 11.7. The van der Waals surface area contributed by atoms with Gasteiger partial charge in [0.25, 0.3) is 0 Å². The summed E-state index contributed by atoms with van der Waals surface area (Å²) in [4.78, 5) is 4.38. The fraction of sp³-hybridized carbons (Fsp3) is 0.556. The summed E-state index contributed by atoms with van der Waals surface area (Å²) >= 11 is 0. The summed E-state index contributed by atoms with van der Waals surface area (Å²) in [6.45, 7) is 1.27. The van der Waals surface area contributed by atoms with E-state index in [0.29, 0.717) is 31.7 Å². The maximum Gasteiger partial charge on any atom is 0.169 e. The van der Waals surface area contributed by atoms with E-state index >= 15 is 0 Å². The molecule has 126 valence electrons. The number of rotatable bonds is 3. The molecular weight excluding hydrogens is 309 g/mol. The SMILES string of the molecule is N#Cc1ccc2ncn(C[C@@]3(CF)CCCC4(C3)OCCO4)c2c1. The zero-order valence-electron chi connectivity index (χ0n) is 13.5. The van der Waals surface area contributed by atoms with Gasteiger partial charge in [-0.25, -0.2) is 4.98 Å². The van der Waals surface area contributed by atoms with E-state index in [2.05, 4.69) is 11.1 Å². The normalized spacial score (nSPS) is 26.0. The molecule has 0 radical (unpaired) electrons. The molecule has 0 bridgehead atoms. The topological polar surface area (TPSA) is 60.1 Å². The van der Waals surface area contributed by atoms with E-state index in [1.54, 1.807) is 12.4 Å². The van der Waals surface area contributed by atoms with Crippen LogP contribution in [0.5, 0.6) is 0 Å². The summed E-state index contributed by atoms with van der Waals surface area (Å²) in [7, 11) is 0. The van der Waals surface area contributed by atoms with Gasteiger partial charge in [-0.1, -0.05) is 0 Å². The molecule has 0 amide bonds. The summed E-state index contributed by atoms with van der Waals surface area (Å²) < 4.78 is 27.7. The summed E-state index contributed by atoms with van der Waals surface area (Å²) in [6.07, 6.45) is 4.82. The molecule has 1 aliphatic carbocycles. The smallest absolute Gasteiger partial charge is 0.169 e. The van der Waals surface area contributed by atoms with Gasteiger partial charge in [-0.05, 0) is 31.0 Å². The lowest BCUT2D eigenvalue weighted by atomic mass is 9.72. The molecule has 1 aromatic carbocycles. The van der Waals surface area contributed by atoms with E-state index in [-0.39, 0.29) is 0 Å². The minimum atomic E-state index is -0.613. The highest BCUT2D eigenvalue weighted by molar-refractivity contribution is 5.76. The molecular formula is C18H20FN3O2. The average Bonchev–Trinajstić information content (AvgIpc) is 3.22. The quantitative estimate of drug-likeness (QED) is 0.868. The van der Waals surface area contributed by atoms with Crippen molar-refractivity contribution in [2.45, 2.75) is 38.0 Å². The van der Waals surface area contributed by atoms with Gasteiger partial charge in [0.15, 0.2) is 5.79 Å². The third kappa shape index (κ3) is 2.58. The maximum absolute atomic E-state index is 14.1. The molecule has 1 atom stereocenters. The summed E-state index contributed by atoms with van der Waals surface area (Å²) in [5, 5.41) is 9.11. The lowest BCUT2D eigenvalue weighted by Gasteiger charge is -2.43. The monoisotopic (exact) mass is 329 g/mol. The van der Waals surface area contributed by atoms with Crippen molar-refractivity contribution in [3.8, 4) is 6.07 Å². The minimum Gasteiger partial charge on any atom is -0.348 e. The number of alkyl halides is 1. The van der Waals surface area contributed by atoms with Crippen molar-refractivity contribution >= 4 is 11.0 Å². The Morgan fingerprint density at radius 1 is 1.29 bits per heavy atom. The molecule has 1 saturated heterocycles. The molecule has 2 aromatic rings. The van der Waals surface area contributed by atoms with Crippen LogP contribution >= 0.6 is 0 Å². The molecule has 24 heavy (non-hydrogen) atoms. The molecule has 5 nitrogen and oxygen atoms in total. The van der Waals surface area contributed by atoms with E-state index in [9.17, 15) is 4.39 Å². The van der Waals surface area contributed by atoms with Crippen molar-refractivity contribution < 1.29 is 13.9 Å². The largest absolute Gasteiger partial charge is 0.348 e. The van der Waals surface area contributed by atoms with Crippen molar-refractivity contribution in [3.63, 3.8) is 0 Å². The molecule has 1 saturated carbocycles. The van der Waals surface area contributed by atoms with Crippen LogP contribution in [-0.2, 0) is 16.0 Å². The van der Waals surface area contributed by atoms with E-state index in [1.165, 1.54) is 0 Å². The van der Waals surface area contributed by atoms with Gasteiger partial charge in [-0.2, -0.15) is 5.26 Å². The molecule has 6 heteroatoms. The Morgan fingerprint density at radius 2 is 2.12 bits per heavy atom. The number of ether oxygens (including phenoxy) is 2. The lowest BCUT2D eigenvalue weighted by molar-refractivity contribution is -0.206. The first kappa shape index (κ1) is 15.6. The van der Waals surface area contributed by atoms with Gasteiger partial charge in [-0.15, -0.1) is 0 Å². The van der Waals surface area contributed by atoms with Crippen LogP contribution in [0.15, 0.2) is 24.5 Å². The average molecular weight is 329 g/mol. The van der Waals surface area contributed by atoms with Gasteiger partial charge in [0.05, 0.1) is 48.9 Å². The number of hydrogen-bond donors (Lipinski definition) is 0. The van der Waals surface area contributed by atoms with Crippen molar-refractivity contribution in [3.05, 3.63) is 30.1 Å². The Bertz CT molecular complexity index is 791. The zero-order chi connectivity index (χ0) is 16.6. The van der Waals surface area contributed by atoms with E-state index < -0.39 is 17.9 Å². The molecule has 4 rings (SSSR count). The zero-order valence-corrected chi connectivity index (χ0v) is 13.5. The van der Waals surface area contributed by atoms with Crippen LogP contribution in [0.3, 0.4) is 0 Å². The molecule has 1 spiro atoms. The third-order valence-electron chi connectivity index (χ3n) is 5.26. The number of hydrogen-bond acceptors (Lipinski definition) is 4. The second kappa shape index (κ2) is 5.83. The predicted molar refractivity (Wildman–Crippen MR) is 86.0 cm³/mol. The van der Waals surface area contributed by atoms with Crippen molar-refractivity contribution in [1.29, 1.82) is 5.26 Å². The van der Waals surface area contributed by atoms with Crippen LogP contribution in [-0.4, -0.2) is 35.2 Å². The Labute approximate surface area is 140 Å². The molecule has 2 heterocycles. The molecule has 1 aliphatic heterocycles. The summed E-state index contributed by atoms with van der Waals surface area (Å²) in [5.41, 5.74) is 1.76. The van der Waals surface area contributed by atoms with E-state index in [1.807, 2.05) is 16.7 Å². The maximum atomic E-state index is 14.1. The lowest BCUT2D eigenvalue weighted by Crippen LogP contribution is -2.45. The number of imidazole rings is 1. The van der Waals surface area contributed by atoms with E-state index in [0.717, 1.165) is 30.3 Å². The number of aromatic nitrogens is 2. The van der Waals surface area contributed by atoms with Crippen molar-refractivity contribution in [2.24, 2.45) is 5.41 Å². The van der Waals surface area contributed by atoms with Gasteiger partial charge in [0.1, 0.15) is 0 Å². The second-order valence-corrected chi connectivity index (χ2v) is 6.96. The van der Waals surface area contributed by atoms with Gasteiger partial charge < -0.3 is 14.0 Å².